The van der Waals surface area contributed by atoms with Crippen LogP contribution in [0.2, 0.25) is 0 Å². The zero-order chi connectivity index (χ0) is 10.8. The summed E-state index contributed by atoms with van der Waals surface area (Å²) in [6.07, 6.45) is 2.61. The second-order valence-electron chi connectivity index (χ2n) is 4.84. The Bertz CT molecular complexity index is 216. The van der Waals surface area contributed by atoms with Crippen LogP contribution in [0.3, 0.4) is 0 Å². The highest BCUT2D eigenvalue weighted by Crippen LogP contribution is 2.39. The van der Waals surface area contributed by atoms with Crippen molar-refractivity contribution < 1.29 is 0 Å². The SMILES string of the molecule is CC(C)N=C(NN)NC(C)(C)C1CC1. The molecule has 1 rings (SSSR count). The van der Waals surface area contributed by atoms with Gasteiger partial charge in [-0.3, -0.25) is 5.43 Å². The van der Waals surface area contributed by atoms with E-state index in [9.17, 15) is 0 Å². The molecule has 4 N–H and O–H groups in total. The van der Waals surface area contributed by atoms with Crippen molar-refractivity contribution in [2.24, 2.45) is 16.8 Å². The van der Waals surface area contributed by atoms with E-state index in [1.54, 1.807) is 0 Å². The molecular weight excluding hydrogens is 176 g/mol. The van der Waals surface area contributed by atoms with Gasteiger partial charge in [0.25, 0.3) is 0 Å². The highest BCUT2D eigenvalue weighted by Gasteiger charge is 2.38. The van der Waals surface area contributed by atoms with Gasteiger partial charge in [-0.05, 0) is 46.5 Å². The predicted molar refractivity (Wildman–Crippen MR) is 59.8 cm³/mol. The standard InChI is InChI=1S/C10H22N4/c1-7(2)12-9(14-11)13-10(3,4)8-5-6-8/h7-8H,5-6,11H2,1-4H3,(H2,12,13,14). The number of aliphatic imine (C=N–C) groups is 1. The van der Waals surface area contributed by atoms with Gasteiger partial charge >= 0.3 is 0 Å². The first-order valence-electron chi connectivity index (χ1n) is 5.28. The minimum Gasteiger partial charge on any atom is -0.350 e. The molecule has 0 aromatic rings. The summed E-state index contributed by atoms with van der Waals surface area (Å²) in [5.74, 6) is 6.85. The fraction of sp³-hybridized carbons (Fsp3) is 0.900. The molecule has 1 saturated carbocycles. The van der Waals surface area contributed by atoms with Crippen LogP contribution in [0.1, 0.15) is 40.5 Å². The second-order valence-corrected chi connectivity index (χ2v) is 4.84. The quantitative estimate of drug-likeness (QED) is 0.274. The summed E-state index contributed by atoms with van der Waals surface area (Å²) in [7, 11) is 0. The molecule has 1 aliphatic carbocycles. The molecule has 1 aliphatic rings. The average molecular weight is 198 g/mol. The van der Waals surface area contributed by atoms with Crippen molar-refractivity contribution >= 4 is 5.96 Å². The molecule has 0 atom stereocenters. The Kier molecular flexibility index (Phi) is 3.37. The molecule has 0 spiro atoms. The number of nitrogens with two attached hydrogens (primary N) is 1. The predicted octanol–water partition coefficient (Wildman–Crippen LogP) is 0.992. The normalized spacial score (nSPS) is 18.6. The zero-order valence-corrected chi connectivity index (χ0v) is 9.59. The van der Waals surface area contributed by atoms with E-state index in [-0.39, 0.29) is 11.6 Å². The van der Waals surface area contributed by atoms with Crippen LogP contribution in [-0.4, -0.2) is 17.5 Å². The molecule has 0 unspecified atom stereocenters. The van der Waals surface area contributed by atoms with E-state index in [0.717, 1.165) is 5.92 Å². The van der Waals surface area contributed by atoms with Gasteiger partial charge in [0, 0.05) is 11.6 Å². The number of nitrogens with zero attached hydrogens (tertiary/aromatic N) is 1. The maximum Gasteiger partial charge on any atom is 0.206 e. The van der Waals surface area contributed by atoms with Crippen molar-refractivity contribution in [3.05, 3.63) is 0 Å². The minimum absolute atomic E-state index is 0.0973. The van der Waals surface area contributed by atoms with Crippen molar-refractivity contribution in [3.8, 4) is 0 Å². The van der Waals surface area contributed by atoms with Crippen LogP contribution >= 0.6 is 0 Å². The summed E-state index contributed by atoms with van der Waals surface area (Å²) in [6.45, 7) is 8.45. The summed E-state index contributed by atoms with van der Waals surface area (Å²) in [4.78, 5) is 4.36. The van der Waals surface area contributed by atoms with Gasteiger partial charge in [0.05, 0.1) is 0 Å². The van der Waals surface area contributed by atoms with Gasteiger partial charge in [-0.2, -0.15) is 0 Å². The van der Waals surface area contributed by atoms with E-state index < -0.39 is 0 Å². The summed E-state index contributed by atoms with van der Waals surface area (Å²) < 4.78 is 0. The molecule has 0 amide bonds. The molecule has 82 valence electrons. The fourth-order valence-electron chi connectivity index (χ4n) is 1.58. The summed E-state index contributed by atoms with van der Waals surface area (Å²) in [5.41, 5.74) is 2.71. The molecule has 4 nitrogen and oxygen atoms in total. The molecule has 0 aromatic carbocycles. The van der Waals surface area contributed by atoms with Gasteiger partial charge in [0.2, 0.25) is 5.96 Å². The lowest BCUT2D eigenvalue weighted by atomic mass is 9.99. The van der Waals surface area contributed by atoms with Crippen LogP contribution in [-0.2, 0) is 0 Å². The lowest BCUT2D eigenvalue weighted by Gasteiger charge is -2.28. The zero-order valence-electron chi connectivity index (χ0n) is 9.59. The summed E-state index contributed by atoms with van der Waals surface area (Å²) >= 11 is 0. The first-order chi connectivity index (χ1) is 6.45. The van der Waals surface area contributed by atoms with Gasteiger partial charge in [-0.25, -0.2) is 10.8 Å². The van der Waals surface area contributed by atoms with Crippen LogP contribution in [0, 0.1) is 5.92 Å². The highest BCUT2D eigenvalue weighted by atomic mass is 15.3. The number of rotatable bonds is 3. The third-order valence-electron chi connectivity index (χ3n) is 2.56. The first-order valence-corrected chi connectivity index (χ1v) is 5.28. The molecule has 0 aliphatic heterocycles. The van der Waals surface area contributed by atoms with E-state index >= 15 is 0 Å². The summed E-state index contributed by atoms with van der Waals surface area (Å²) in [6, 6.07) is 0.253. The Hall–Kier alpha value is -0.770. The third-order valence-corrected chi connectivity index (χ3v) is 2.56. The van der Waals surface area contributed by atoms with Crippen LogP contribution in [0.25, 0.3) is 0 Å². The summed E-state index contributed by atoms with van der Waals surface area (Å²) in [5, 5.41) is 3.35. The van der Waals surface area contributed by atoms with Gasteiger partial charge in [0.15, 0.2) is 0 Å². The van der Waals surface area contributed by atoms with E-state index in [1.165, 1.54) is 12.8 Å². The van der Waals surface area contributed by atoms with Crippen LogP contribution in [0.4, 0.5) is 0 Å². The fourth-order valence-corrected chi connectivity index (χ4v) is 1.58. The number of guanidine groups is 1. The smallest absolute Gasteiger partial charge is 0.206 e. The maximum atomic E-state index is 5.41. The Morgan fingerprint density at radius 3 is 2.36 bits per heavy atom. The average Bonchev–Trinajstić information content (AvgIpc) is 2.83. The van der Waals surface area contributed by atoms with Crippen molar-refractivity contribution in [3.63, 3.8) is 0 Å². The van der Waals surface area contributed by atoms with Crippen molar-refractivity contribution in [1.82, 2.24) is 10.7 Å². The second kappa shape index (κ2) is 4.17. The molecule has 4 heteroatoms. The highest BCUT2D eigenvalue weighted by molar-refractivity contribution is 5.80. The largest absolute Gasteiger partial charge is 0.350 e. The topological polar surface area (TPSA) is 62.4 Å². The molecule has 14 heavy (non-hydrogen) atoms. The Morgan fingerprint density at radius 2 is 2.00 bits per heavy atom. The first kappa shape index (κ1) is 11.3. The van der Waals surface area contributed by atoms with Gasteiger partial charge in [0.1, 0.15) is 0 Å². The number of hydrazine groups is 1. The number of hydrogen-bond donors (Lipinski definition) is 3. The van der Waals surface area contributed by atoms with E-state index in [2.05, 4.69) is 29.6 Å². The molecule has 1 fully saturated rings. The van der Waals surface area contributed by atoms with Crippen molar-refractivity contribution in [1.29, 1.82) is 0 Å². The molecule has 0 saturated heterocycles. The van der Waals surface area contributed by atoms with Gasteiger partial charge < -0.3 is 5.32 Å². The number of hydrogen-bond acceptors (Lipinski definition) is 2. The number of nitrogens with one attached hydrogen (secondary N) is 2. The van der Waals surface area contributed by atoms with Crippen LogP contribution < -0.4 is 16.6 Å². The Balaban J connectivity index is 2.54. The van der Waals surface area contributed by atoms with E-state index in [4.69, 9.17) is 5.84 Å². The third kappa shape index (κ3) is 3.18. The van der Waals surface area contributed by atoms with Crippen LogP contribution in [0.15, 0.2) is 4.99 Å². The molecule has 0 radical (unpaired) electrons. The van der Waals surface area contributed by atoms with Crippen molar-refractivity contribution in [2.45, 2.75) is 52.1 Å². The van der Waals surface area contributed by atoms with Crippen molar-refractivity contribution in [2.75, 3.05) is 0 Å². The maximum absolute atomic E-state index is 5.41. The van der Waals surface area contributed by atoms with Crippen LogP contribution in [0.5, 0.6) is 0 Å². The van der Waals surface area contributed by atoms with Gasteiger partial charge in [-0.15, -0.1) is 0 Å². The molecule has 0 aromatic heterocycles. The molecule has 0 bridgehead atoms. The monoisotopic (exact) mass is 198 g/mol. The Labute approximate surface area is 86.3 Å². The lowest BCUT2D eigenvalue weighted by Crippen LogP contribution is -2.52. The molecular formula is C10H22N4. The van der Waals surface area contributed by atoms with E-state index in [0.29, 0.717) is 5.96 Å². The molecule has 0 heterocycles. The van der Waals surface area contributed by atoms with E-state index in [1.807, 2.05) is 13.8 Å². The minimum atomic E-state index is 0.0973. The Morgan fingerprint density at radius 1 is 1.43 bits per heavy atom. The lowest BCUT2D eigenvalue weighted by molar-refractivity contribution is 0.395. The van der Waals surface area contributed by atoms with Gasteiger partial charge in [-0.1, -0.05) is 0 Å².